The lowest BCUT2D eigenvalue weighted by molar-refractivity contribution is 0.748. The molecule has 0 aliphatic carbocycles. The van der Waals surface area contributed by atoms with Gasteiger partial charge in [0.15, 0.2) is 0 Å². The van der Waals surface area contributed by atoms with E-state index < -0.39 is 0 Å². The van der Waals surface area contributed by atoms with Gasteiger partial charge < -0.3 is 11.1 Å². The topological polar surface area (TPSA) is 55.9 Å². The van der Waals surface area contributed by atoms with Crippen molar-refractivity contribution in [3.8, 4) is 0 Å². The van der Waals surface area contributed by atoms with Gasteiger partial charge in [-0.3, -0.25) is 4.68 Å². The zero-order chi connectivity index (χ0) is 12.4. The van der Waals surface area contributed by atoms with Gasteiger partial charge in [0.2, 0.25) is 0 Å². The van der Waals surface area contributed by atoms with Crippen molar-refractivity contribution in [1.82, 2.24) is 9.78 Å². The molecule has 2 aromatic rings. The Hall–Kier alpha value is -1.01. The van der Waals surface area contributed by atoms with E-state index in [1.165, 1.54) is 4.88 Å². The summed E-state index contributed by atoms with van der Waals surface area (Å²) in [5, 5.41) is 9.77. The van der Waals surface area contributed by atoms with Gasteiger partial charge in [0.25, 0.3) is 0 Å². The molecule has 4 nitrogen and oxygen atoms in total. The van der Waals surface area contributed by atoms with Gasteiger partial charge in [-0.05, 0) is 28.4 Å². The van der Waals surface area contributed by atoms with Gasteiger partial charge in [-0.15, -0.1) is 11.3 Å². The van der Waals surface area contributed by atoms with Crippen LogP contribution in [0.1, 0.15) is 17.5 Å². The Balaban J connectivity index is 2.11. The number of nitrogens with one attached hydrogen (secondary N) is 1. The second kappa shape index (κ2) is 5.10. The van der Waals surface area contributed by atoms with E-state index in [1.807, 2.05) is 7.05 Å². The summed E-state index contributed by atoms with van der Waals surface area (Å²) < 4.78 is 2.92. The van der Waals surface area contributed by atoms with Crippen LogP contribution in [0.2, 0.25) is 0 Å². The number of aromatic nitrogens is 2. The first kappa shape index (κ1) is 12.4. The lowest BCUT2D eigenvalue weighted by atomic mass is 10.3. The molecule has 2 aromatic heterocycles. The average molecular weight is 315 g/mol. The molecule has 92 valence electrons. The lowest BCUT2D eigenvalue weighted by Gasteiger charge is -2.05. The van der Waals surface area contributed by atoms with Gasteiger partial charge in [0, 0.05) is 21.8 Å². The molecule has 0 bridgehead atoms. The molecule has 3 N–H and O–H groups in total. The first-order chi connectivity index (χ1) is 8.11. The highest BCUT2D eigenvalue weighted by atomic mass is 79.9. The summed E-state index contributed by atoms with van der Waals surface area (Å²) in [6, 6.07) is 2.10. The number of anilines is 2. The van der Waals surface area contributed by atoms with Crippen molar-refractivity contribution < 1.29 is 0 Å². The van der Waals surface area contributed by atoms with Gasteiger partial charge in [-0.25, -0.2) is 0 Å². The number of nitrogens with zero attached hydrogens (tertiary/aromatic N) is 2. The van der Waals surface area contributed by atoms with Crippen LogP contribution in [-0.2, 0) is 20.0 Å². The van der Waals surface area contributed by atoms with Crippen molar-refractivity contribution in [2.24, 2.45) is 7.05 Å². The monoisotopic (exact) mass is 314 g/mol. The van der Waals surface area contributed by atoms with Crippen LogP contribution >= 0.6 is 27.3 Å². The average Bonchev–Trinajstić information content (AvgIpc) is 2.82. The first-order valence-electron chi connectivity index (χ1n) is 5.40. The Kier molecular flexibility index (Phi) is 3.73. The van der Waals surface area contributed by atoms with E-state index in [9.17, 15) is 0 Å². The van der Waals surface area contributed by atoms with E-state index in [4.69, 9.17) is 5.73 Å². The van der Waals surface area contributed by atoms with Crippen molar-refractivity contribution >= 4 is 38.8 Å². The molecule has 0 radical (unpaired) electrons. The highest BCUT2D eigenvalue weighted by Gasteiger charge is 2.11. The summed E-state index contributed by atoms with van der Waals surface area (Å²) in [5.74, 6) is 0.895. The van der Waals surface area contributed by atoms with Crippen molar-refractivity contribution in [3.63, 3.8) is 0 Å². The zero-order valence-corrected chi connectivity index (χ0v) is 12.2. The predicted molar refractivity (Wildman–Crippen MR) is 76.3 cm³/mol. The van der Waals surface area contributed by atoms with E-state index in [0.29, 0.717) is 0 Å². The molecule has 0 unspecified atom stereocenters. The van der Waals surface area contributed by atoms with Crippen LogP contribution in [0, 0.1) is 0 Å². The summed E-state index contributed by atoms with van der Waals surface area (Å²) in [6.45, 7) is 2.82. The second-order valence-corrected chi connectivity index (χ2v) is 5.68. The van der Waals surface area contributed by atoms with Gasteiger partial charge in [-0.2, -0.15) is 5.10 Å². The predicted octanol–water partition coefficient (Wildman–Crippen LogP) is 3.00. The van der Waals surface area contributed by atoms with E-state index in [0.717, 1.165) is 34.6 Å². The van der Waals surface area contributed by atoms with E-state index in [1.54, 1.807) is 16.0 Å². The number of hydrogen-bond donors (Lipinski definition) is 2. The van der Waals surface area contributed by atoms with Crippen LogP contribution in [0.25, 0.3) is 0 Å². The second-order valence-electron chi connectivity index (χ2n) is 3.77. The Labute approximate surface area is 113 Å². The maximum atomic E-state index is 6.03. The minimum absolute atomic E-state index is 0.755. The molecule has 6 heteroatoms. The third-order valence-corrected chi connectivity index (χ3v) is 4.24. The highest BCUT2D eigenvalue weighted by molar-refractivity contribution is 9.10. The van der Waals surface area contributed by atoms with E-state index in [2.05, 4.69) is 44.7 Å². The Morgan fingerprint density at radius 3 is 2.88 bits per heavy atom. The van der Waals surface area contributed by atoms with Crippen molar-refractivity contribution in [2.75, 3.05) is 11.1 Å². The number of nitrogens with two attached hydrogens (primary N) is 1. The Bertz CT molecular complexity index is 518. The summed E-state index contributed by atoms with van der Waals surface area (Å²) in [7, 11) is 1.90. The summed E-state index contributed by atoms with van der Waals surface area (Å²) in [6.07, 6.45) is 0.853. The zero-order valence-electron chi connectivity index (χ0n) is 9.83. The molecular weight excluding hydrogens is 300 g/mol. The SMILES string of the molecule is CCc1nn(C)c(NCc2cc(Br)cs2)c1N. The standard InChI is InChI=1S/C11H15BrN4S/c1-3-9-10(13)11(16(2)15-9)14-5-8-4-7(12)6-17-8/h4,6,14H,3,5,13H2,1-2H3. The molecule has 0 saturated carbocycles. The van der Waals surface area contributed by atoms with Crippen LogP contribution in [0.5, 0.6) is 0 Å². The van der Waals surface area contributed by atoms with Gasteiger partial charge in [0.05, 0.1) is 17.9 Å². The molecule has 0 aliphatic rings. The fourth-order valence-electron chi connectivity index (χ4n) is 1.68. The quantitative estimate of drug-likeness (QED) is 0.912. The van der Waals surface area contributed by atoms with Crippen molar-refractivity contribution in [2.45, 2.75) is 19.9 Å². The number of aryl methyl sites for hydroxylation is 2. The smallest absolute Gasteiger partial charge is 0.148 e. The molecule has 0 aromatic carbocycles. The van der Waals surface area contributed by atoms with Crippen LogP contribution in [0.4, 0.5) is 11.5 Å². The minimum atomic E-state index is 0.755. The molecule has 0 fully saturated rings. The Morgan fingerprint density at radius 1 is 1.59 bits per heavy atom. The molecule has 2 heterocycles. The molecule has 0 aliphatic heterocycles. The first-order valence-corrected chi connectivity index (χ1v) is 7.07. The summed E-state index contributed by atoms with van der Waals surface area (Å²) in [4.78, 5) is 1.26. The third-order valence-electron chi connectivity index (χ3n) is 2.55. The maximum Gasteiger partial charge on any atom is 0.148 e. The molecule has 0 spiro atoms. The van der Waals surface area contributed by atoms with E-state index in [-0.39, 0.29) is 0 Å². The highest BCUT2D eigenvalue weighted by Crippen LogP contribution is 2.25. The van der Waals surface area contributed by atoms with Crippen LogP contribution in [0.15, 0.2) is 15.9 Å². The van der Waals surface area contributed by atoms with E-state index >= 15 is 0 Å². The normalized spacial score (nSPS) is 10.8. The number of halogens is 1. The molecule has 2 rings (SSSR count). The van der Waals surface area contributed by atoms with Crippen LogP contribution in [-0.4, -0.2) is 9.78 Å². The fourth-order valence-corrected chi connectivity index (χ4v) is 3.07. The van der Waals surface area contributed by atoms with Gasteiger partial charge >= 0.3 is 0 Å². The fraction of sp³-hybridized carbons (Fsp3) is 0.364. The largest absolute Gasteiger partial charge is 0.394 e. The Morgan fingerprint density at radius 2 is 2.35 bits per heavy atom. The maximum absolute atomic E-state index is 6.03. The number of thiophene rings is 1. The lowest BCUT2D eigenvalue weighted by Crippen LogP contribution is -2.05. The molecule has 0 amide bonds. The van der Waals surface area contributed by atoms with Crippen molar-refractivity contribution in [3.05, 3.63) is 26.5 Å². The molecule has 0 saturated heterocycles. The van der Waals surface area contributed by atoms with Gasteiger partial charge in [-0.1, -0.05) is 6.92 Å². The molecule has 17 heavy (non-hydrogen) atoms. The number of nitrogen functional groups attached to an aromatic ring is 1. The minimum Gasteiger partial charge on any atom is -0.394 e. The molecular formula is C11H15BrN4S. The summed E-state index contributed by atoms with van der Waals surface area (Å²) in [5.41, 5.74) is 7.73. The van der Waals surface area contributed by atoms with Crippen LogP contribution < -0.4 is 11.1 Å². The number of hydrogen-bond acceptors (Lipinski definition) is 4. The molecule has 0 atom stereocenters. The van der Waals surface area contributed by atoms with Crippen molar-refractivity contribution in [1.29, 1.82) is 0 Å². The summed E-state index contributed by atoms with van der Waals surface area (Å²) >= 11 is 5.16. The number of rotatable bonds is 4. The third kappa shape index (κ3) is 2.63. The van der Waals surface area contributed by atoms with Gasteiger partial charge in [0.1, 0.15) is 5.82 Å². The van der Waals surface area contributed by atoms with Crippen LogP contribution in [0.3, 0.4) is 0 Å².